The Balaban J connectivity index is 1.82. The van der Waals surface area contributed by atoms with Crippen LogP contribution in [-0.4, -0.2) is 27.3 Å². The molecule has 31 heavy (non-hydrogen) atoms. The van der Waals surface area contributed by atoms with Crippen molar-refractivity contribution in [3.63, 3.8) is 0 Å². The highest BCUT2D eigenvalue weighted by Crippen LogP contribution is 2.30. The molecule has 0 radical (unpaired) electrons. The number of benzene rings is 2. The van der Waals surface area contributed by atoms with E-state index in [1.807, 2.05) is 6.92 Å². The molecule has 0 saturated carbocycles. The molecule has 0 spiro atoms. The summed E-state index contributed by atoms with van der Waals surface area (Å²) in [6, 6.07) is 13.0. The molecule has 0 aliphatic carbocycles. The SMILES string of the molecule is COc1cc(NC(=O)c2sccc2S(=O)(=O)Nc2ccc(C)cc2)ccc1NC(C)=O. The van der Waals surface area contributed by atoms with Crippen molar-refractivity contribution in [2.75, 3.05) is 22.5 Å². The van der Waals surface area contributed by atoms with Gasteiger partial charge < -0.3 is 15.4 Å². The van der Waals surface area contributed by atoms with Crippen LogP contribution in [0.1, 0.15) is 22.2 Å². The van der Waals surface area contributed by atoms with Gasteiger partial charge in [0.15, 0.2) is 0 Å². The Labute approximate surface area is 184 Å². The third-order valence-corrected chi connectivity index (χ3v) is 6.66. The predicted octanol–water partition coefficient (Wildman–Crippen LogP) is 4.08. The molecule has 0 saturated heterocycles. The lowest BCUT2D eigenvalue weighted by Crippen LogP contribution is -2.18. The molecular weight excluding hydrogens is 438 g/mol. The molecule has 0 unspecified atom stereocenters. The number of aryl methyl sites for hydroxylation is 1. The van der Waals surface area contributed by atoms with Crippen molar-refractivity contribution in [2.45, 2.75) is 18.7 Å². The molecule has 3 N–H and O–H groups in total. The molecule has 0 atom stereocenters. The maximum Gasteiger partial charge on any atom is 0.267 e. The Hall–Kier alpha value is -3.37. The minimum Gasteiger partial charge on any atom is -0.494 e. The van der Waals surface area contributed by atoms with E-state index in [2.05, 4.69) is 15.4 Å². The van der Waals surface area contributed by atoms with Gasteiger partial charge in [0.25, 0.3) is 15.9 Å². The van der Waals surface area contributed by atoms with Crippen LogP contribution in [0.4, 0.5) is 17.1 Å². The van der Waals surface area contributed by atoms with Gasteiger partial charge in [0, 0.05) is 24.4 Å². The summed E-state index contributed by atoms with van der Waals surface area (Å²) in [5.41, 5.74) is 2.24. The fourth-order valence-electron chi connectivity index (χ4n) is 2.76. The van der Waals surface area contributed by atoms with Crippen LogP contribution in [0.3, 0.4) is 0 Å². The van der Waals surface area contributed by atoms with E-state index < -0.39 is 15.9 Å². The van der Waals surface area contributed by atoms with Crippen LogP contribution < -0.4 is 20.1 Å². The number of thiophene rings is 1. The first-order valence-corrected chi connectivity index (χ1v) is 11.5. The topological polar surface area (TPSA) is 114 Å². The van der Waals surface area contributed by atoms with Gasteiger partial charge in [0.1, 0.15) is 15.5 Å². The van der Waals surface area contributed by atoms with Crippen LogP contribution in [0.15, 0.2) is 58.8 Å². The quantitative estimate of drug-likeness (QED) is 0.493. The summed E-state index contributed by atoms with van der Waals surface area (Å²) in [5, 5.41) is 6.84. The minimum atomic E-state index is -3.96. The van der Waals surface area contributed by atoms with Crippen molar-refractivity contribution in [2.24, 2.45) is 0 Å². The molecule has 3 aromatic rings. The molecule has 162 valence electrons. The molecule has 2 amide bonds. The zero-order valence-electron chi connectivity index (χ0n) is 17.1. The Bertz CT molecular complexity index is 1220. The van der Waals surface area contributed by atoms with E-state index >= 15 is 0 Å². The first kappa shape index (κ1) is 22.3. The number of anilines is 3. The minimum absolute atomic E-state index is 0.0458. The Morgan fingerprint density at radius 2 is 1.65 bits per heavy atom. The van der Waals surface area contributed by atoms with Gasteiger partial charge in [0.05, 0.1) is 12.8 Å². The zero-order chi connectivity index (χ0) is 22.6. The van der Waals surface area contributed by atoms with Crippen LogP contribution in [0.5, 0.6) is 5.75 Å². The van der Waals surface area contributed by atoms with E-state index in [1.54, 1.807) is 41.8 Å². The first-order chi connectivity index (χ1) is 14.7. The van der Waals surface area contributed by atoms with Crippen molar-refractivity contribution in [3.8, 4) is 5.75 Å². The predicted molar refractivity (Wildman–Crippen MR) is 122 cm³/mol. The number of methoxy groups -OCH3 is 1. The van der Waals surface area contributed by atoms with E-state index in [4.69, 9.17) is 4.74 Å². The smallest absolute Gasteiger partial charge is 0.267 e. The first-order valence-electron chi connectivity index (χ1n) is 9.13. The maximum atomic E-state index is 12.8. The molecule has 0 bridgehead atoms. The highest BCUT2D eigenvalue weighted by Gasteiger charge is 2.24. The largest absolute Gasteiger partial charge is 0.494 e. The number of amides is 2. The highest BCUT2D eigenvalue weighted by molar-refractivity contribution is 7.93. The molecule has 2 aromatic carbocycles. The van der Waals surface area contributed by atoms with Gasteiger partial charge in [-0.1, -0.05) is 17.7 Å². The average Bonchev–Trinajstić information content (AvgIpc) is 3.21. The van der Waals surface area contributed by atoms with Gasteiger partial charge in [-0.2, -0.15) is 0 Å². The van der Waals surface area contributed by atoms with Crippen LogP contribution in [0.2, 0.25) is 0 Å². The Morgan fingerprint density at radius 1 is 0.968 bits per heavy atom. The van der Waals surface area contributed by atoms with Crippen molar-refractivity contribution >= 4 is 50.2 Å². The third kappa shape index (κ3) is 5.41. The number of hydrogen-bond acceptors (Lipinski definition) is 6. The monoisotopic (exact) mass is 459 g/mol. The third-order valence-electron chi connectivity index (χ3n) is 4.20. The van der Waals surface area contributed by atoms with Gasteiger partial charge in [-0.05, 0) is 42.6 Å². The zero-order valence-corrected chi connectivity index (χ0v) is 18.7. The van der Waals surface area contributed by atoms with Gasteiger partial charge >= 0.3 is 0 Å². The van der Waals surface area contributed by atoms with Gasteiger partial charge in [-0.3, -0.25) is 14.3 Å². The average molecular weight is 460 g/mol. The number of hydrogen-bond donors (Lipinski definition) is 3. The molecule has 0 aliphatic rings. The summed E-state index contributed by atoms with van der Waals surface area (Å²) in [6.45, 7) is 3.27. The second-order valence-electron chi connectivity index (χ2n) is 6.64. The van der Waals surface area contributed by atoms with Crippen LogP contribution in [-0.2, 0) is 14.8 Å². The number of ether oxygens (including phenoxy) is 1. The standard InChI is InChI=1S/C21H21N3O5S2/c1-13-4-6-15(7-5-13)24-31(27,28)19-10-11-30-20(19)21(26)23-16-8-9-17(22-14(2)25)18(12-16)29-3/h4-12,24H,1-3H3,(H,22,25)(H,23,26). The fraction of sp³-hybridized carbons (Fsp3) is 0.143. The molecule has 0 aliphatic heterocycles. The number of sulfonamides is 1. The summed E-state index contributed by atoms with van der Waals surface area (Å²) in [4.78, 5) is 24.0. The van der Waals surface area contributed by atoms with Gasteiger partial charge in [-0.25, -0.2) is 8.42 Å². The number of carbonyl (C=O) groups is 2. The van der Waals surface area contributed by atoms with E-state index in [9.17, 15) is 18.0 Å². The molecule has 3 rings (SSSR count). The Kier molecular flexibility index (Phi) is 6.62. The molecule has 8 nitrogen and oxygen atoms in total. The summed E-state index contributed by atoms with van der Waals surface area (Å²) < 4.78 is 33.4. The molecule has 0 fully saturated rings. The second-order valence-corrected chi connectivity index (χ2v) is 9.20. The number of nitrogens with one attached hydrogen (secondary N) is 3. The summed E-state index contributed by atoms with van der Waals surface area (Å²) in [7, 11) is -2.52. The Morgan fingerprint density at radius 3 is 2.29 bits per heavy atom. The highest BCUT2D eigenvalue weighted by atomic mass is 32.2. The summed E-state index contributed by atoms with van der Waals surface area (Å²) in [6.07, 6.45) is 0. The van der Waals surface area contributed by atoms with Crippen LogP contribution >= 0.6 is 11.3 Å². The molecule has 1 aromatic heterocycles. The lowest BCUT2D eigenvalue weighted by molar-refractivity contribution is -0.114. The molecule has 1 heterocycles. The van der Waals surface area contributed by atoms with Crippen molar-refractivity contribution in [3.05, 3.63) is 64.4 Å². The van der Waals surface area contributed by atoms with Crippen LogP contribution in [0, 0.1) is 6.92 Å². The summed E-state index contributed by atoms with van der Waals surface area (Å²) >= 11 is 1.02. The number of rotatable bonds is 7. The van der Waals surface area contributed by atoms with E-state index in [-0.39, 0.29) is 15.7 Å². The van der Waals surface area contributed by atoms with E-state index in [0.717, 1.165) is 16.9 Å². The second kappa shape index (κ2) is 9.19. The number of carbonyl (C=O) groups excluding carboxylic acids is 2. The van der Waals surface area contributed by atoms with E-state index in [0.29, 0.717) is 22.8 Å². The van der Waals surface area contributed by atoms with Gasteiger partial charge in [0.2, 0.25) is 5.91 Å². The normalized spacial score (nSPS) is 10.9. The summed E-state index contributed by atoms with van der Waals surface area (Å²) in [5.74, 6) is -0.480. The van der Waals surface area contributed by atoms with Gasteiger partial charge in [-0.15, -0.1) is 11.3 Å². The molecule has 10 heteroatoms. The maximum absolute atomic E-state index is 12.8. The molecular formula is C21H21N3O5S2. The fourth-order valence-corrected chi connectivity index (χ4v) is 5.14. The van der Waals surface area contributed by atoms with Crippen LogP contribution in [0.25, 0.3) is 0 Å². The lowest BCUT2D eigenvalue weighted by atomic mass is 10.2. The van der Waals surface area contributed by atoms with Crippen molar-refractivity contribution in [1.82, 2.24) is 0 Å². The van der Waals surface area contributed by atoms with E-state index in [1.165, 1.54) is 26.2 Å². The van der Waals surface area contributed by atoms with Crippen molar-refractivity contribution in [1.29, 1.82) is 0 Å². The lowest BCUT2D eigenvalue weighted by Gasteiger charge is -2.12. The van der Waals surface area contributed by atoms with Crippen molar-refractivity contribution < 1.29 is 22.7 Å².